The predicted octanol–water partition coefficient (Wildman–Crippen LogP) is -1.48. The Labute approximate surface area is 174 Å². The topological polar surface area (TPSA) is 159 Å². The summed E-state index contributed by atoms with van der Waals surface area (Å²) in [5, 5.41) is 3.26. The molecule has 0 aliphatic rings. The zero-order valence-corrected chi connectivity index (χ0v) is 17.8. The summed E-state index contributed by atoms with van der Waals surface area (Å²) in [6, 6.07) is 7.70. The Hall–Kier alpha value is -0.930. The summed E-state index contributed by atoms with van der Waals surface area (Å²) in [6.07, 6.45) is 1.57. The molecule has 0 bridgehead atoms. The Bertz CT molecular complexity index is 1040. The molecule has 0 saturated carbocycles. The molecule has 0 radical (unpaired) electrons. The third-order valence-electron chi connectivity index (χ3n) is 3.89. The minimum atomic E-state index is -6.01. The Morgan fingerprint density at radius 3 is 2.56 bits per heavy atom. The van der Waals surface area contributed by atoms with Gasteiger partial charge in [0.1, 0.15) is 0 Å². The van der Waals surface area contributed by atoms with Gasteiger partial charge in [-0.25, -0.2) is 4.39 Å². The Morgan fingerprint density at radius 1 is 1.22 bits per heavy atom. The van der Waals surface area contributed by atoms with E-state index >= 15 is 0 Å². The molecule has 2 heterocycles. The van der Waals surface area contributed by atoms with Crippen LogP contribution in [0.5, 0.6) is 0 Å². The van der Waals surface area contributed by atoms with Gasteiger partial charge in [0.15, 0.2) is 7.60 Å². The number of aromatic amines is 1. The van der Waals surface area contributed by atoms with Crippen molar-refractivity contribution in [3.8, 4) is 11.3 Å². The Morgan fingerprint density at radius 2 is 1.93 bits per heavy atom. The molecule has 1 aromatic carbocycles. The zero-order valence-electron chi connectivity index (χ0n) is 14.0. The Balaban J connectivity index is 0.00000261. The monoisotopic (exact) mass is 423 g/mol. The summed E-state index contributed by atoms with van der Waals surface area (Å²) >= 11 is 0. The van der Waals surface area contributed by atoms with E-state index in [1.54, 1.807) is 24.4 Å². The van der Waals surface area contributed by atoms with Crippen LogP contribution in [0.15, 0.2) is 42.7 Å². The normalized spacial score (nSPS) is 16.3. The second-order valence-corrected chi connectivity index (χ2v) is 9.55. The standard InChI is InChI=1S/C14H14FN3O6P2.Na/c15-14(25(19,20)21,26(22,23)24)7-9-4-5-16-13(6-9)10-2-1-3-12-11(10)8-17-18-12;/h1-6,8H,7H2,(H,17,18)(H2,19,20,21)(H2,22,23,24);/q;+1/p-1. The number of fused-ring (bicyclic) bond motifs is 1. The van der Waals surface area contributed by atoms with E-state index in [-0.39, 0.29) is 35.1 Å². The maximum Gasteiger partial charge on any atom is 1.00 e. The molecule has 0 spiro atoms. The molecule has 13 heteroatoms. The number of H-pyrrole nitrogens is 1. The van der Waals surface area contributed by atoms with Crippen LogP contribution >= 0.6 is 15.2 Å². The van der Waals surface area contributed by atoms with Gasteiger partial charge in [-0.05, 0) is 23.8 Å². The fourth-order valence-corrected chi connectivity index (χ4v) is 4.64. The summed E-state index contributed by atoms with van der Waals surface area (Å²) < 4.78 is 37.3. The zero-order chi connectivity index (χ0) is 19.2. The number of nitrogens with zero attached hydrogens (tertiary/aromatic N) is 2. The number of hydrogen-bond donors (Lipinski definition) is 4. The molecule has 2 aromatic heterocycles. The molecule has 0 amide bonds. The summed E-state index contributed by atoms with van der Waals surface area (Å²) in [5.74, 6) is 0. The molecule has 0 aliphatic carbocycles. The quantitative estimate of drug-likeness (QED) is 0.286. The molecule has 138 valence electrons. The van der Waals surface area contributed by atoms with E-state index in [0.29, 0.717) is 22.2 Å². The molecular weight excluding hydrogens is 410 g/mol. The first kappa shape index (κ1) is 22.4. The van der Waals surface area contributed by atoms with E-state index < -0.39 is 26.8 Å². The van der Waals surface area contributed by atoms with Crippen molar-refractivity contribution < 1.29 is 62.7 Å². The van der Waals surface area contributed by atoms with Crippen LogP contribution in [0.1, 0.15) is 5.56 Å². The average molecular weight is 423 g/mol. The largest absolute Gasteiger partial charge is 1.00 e. The van der Waals surface area contributed by atoms with Crippen molar-refractivity contribution in [2.24, 2.45) is 0 Å². The second kappa shape index (κ2) is 7.83. The van der Waals surface area contributed by atoms with Crippen LogP contribution in [0.3, 0.4) is 0 Å². The van der Waals surface area contributed by atoms with E-state index in [0.717, 1.165) is 0 Å². The number of aromatic nitrogens is 3. The summed E-state index contributed by atoms with van der Waals surface area (Å²) in [4.78, 5) is 42.7. The van der Waals surface area contributed by atoms with Crippen LogP contribution in [0.4, 0.5) is 4.39 Å². The van der Waals surface area contributed by atoms with Crippen molar-refractivity contribution in [2.75, 3.05) is 0 Å². The van der Waals surface area contributed by atoms with E-state index in [2.05, 4.69) is 15.2 Å². The van der Waals surface area contributed by atoms with E-state index in [1.807, 2.05) is 0 Å². The smallest absolute Gasteiger partial charge is 0.776 e. The van der Waals surface area contributed by atoms with Gasteiger partial charge in [0.2, 0.25) is 0 Å². The van der Waals surface area contributed by atoms with Crippen molar-refractivity contribution in [1.82, 2.24) is 15.2 Å². The number of rotatable bonds is 5. The van der Waals surface area contributed by atoms with Gasteiger partial charge in [0.05, 0.1) is 17.4 Å². The summed E-state index contributed by atoms with van der Waals surface area (Å²) in [7, 11) is -11.8. The molecule has 4 N–H and O–H groups in total. The SMILES string of the molecule is O=P([O-])(O)C(F)(Cc1ccnc(-c2cccc3[nH]ncc23)c1)P(=O)(O)O.[Na+]. The van der Waals surface area contributed by atoms with E-state index in [1.165, 1.54) is 18.3 Å². The van der Waals surface area contributed by atoms with Crippen LogP contribution in [-0.4, -0.2) is 35.0 Å². The third kappa shape index (κ3) is 4.24. The molecule has 0 aliphatic heterocycles. The number of pyridine rings is 1. The average Bonchev–Trinajstić information content (AvgIpc) is 3.01. The van der Waals surface area contributed by atoms with Crippen LogP contribution in [0, 0.1) is 0 Å². The van der Waals surface area contributed by atoms with Crippen molar-refractivity contribution >= 4 is 26.1 Å². The first-order valence-electron chi connectivity index (χ1n) is 7.19. The number of alkyl halides is 1. The van der Waals surface area contributed by atoms with Gasteiger partial charge in [-0.1, -0.05) is 12.1 Å². The van der Waals surface area contributed by atoms with Gasteiger partial charge < -0.3 is 24.1 Å². The van der Waals surface area contributed by atoms with Crippen molar-refractivity contribution in [1.29, 1.82) is 0 Å². The van der Waals surface area contributed by atoms with Gasteiger partial charge in [0, 0.05) is 23.6 Å². The van der Waals surface area contributed by atoms with Crippen LogP contribution in [0.2, 0.25) is 0 Å². The molecule has 0 saturated heterocycles. The molecule has 2 unspecified atom stereocenters. The van der Waals surface area contributed by atoms with Crippen LogP contribution in [0.25, 0.3) is 22.2 Å². The number of halogens is 1. The van der Waals surface area contributed by atoms with Crippen molar-refractivity contribution in [3.05, 3.63) is 48.3 Å². The molecular formula is C14H13FN3NaO6P2. The molecule has 3 aromatic rings. The minimum absolute atomic E-state index is 0. The fraction of sp³-hybridized carbons (Fsp3) is 0.143. The maximum absolute atomic E-state index is 14.6. The van der Waals surface area contributed by atoms with Gasteiger partial charge in [-0.2, -0.15) is 5.10 Å². The van der Waals surface area contributed by atoms with Crippen molar-refractivity contribution in [3.63, 3.8) is 0 Å². The molecule has 3 rings (SSSR count). The minimum Gasteiger partial charge on any atom is -0.776 e. The van der Waals surface area contributed by atoms with E-state index in [9.17, 15) is 18.4 Å². The van der Waals surface area contributed by atoms with Crippen molar-refractivity contribution in [2.45, 2.75) is 11.6 Å². The molecule has 0 fully saturated rings. The molecule has 2 atom stereocenters. The van der Waals surface area contributed by atoms with Gasteiger partial charge in [-0.15, -0.1) is 0 Å². The predicted molar refractivity (Wildman–Crippen MR) is 88.7 cm³/mol. The summed E-state index contributed by atoms with van der Waals surface area (Å²) in [5.41, 5.74) is 1.57. The van der Waals surface area contributed by atoms with Gasteiger partial charge in [-0.3, -0.25) is 14.6 Å². The first-order chi connectivity index (χ1) is 12.0. The second-order valence-electron chi connectivity index (χ2n) is 5.65. The Kier molecular flexibility index (Phi) is 6.48. The van der Waals surface area contributed by atoms with Gasteiger partial charge in [0.25, 0.3) is 5.15 Å². The van der Waals surface area contributed by atoms with E-state index in [4.69, 9.17) is 14.7 Å². The van der Waals surface area contributed by atoms with Crippen LogP contribution < -0.4 is 34.5 Å². The number of hydrogen-bond acceptors (Lipinski definition) is 5. The third-order valence-corrected chi connectivity index (χ3v) is 7.51. The fourth-order valence-electron chi connectivity index (χ4n) is 2.55. The maximum atomic E-state index is 14.6. The number of benzene rings is 1. The van der Waals surface area contributed by atoms with Crippen LogP contribution in [-0.2, 0) is 15.6 Å². The summed E-state index contributed by atoms with van der Waals surface area (Å²) in [6.45, 7) is 0. The van der Waals surface area contributed by atoms with Gasteiger partial charge >= 0.3 is 37.2 Å². The molecule has 9 nitrogen and oxygen atoms in total. The molecule has 27 heavy (non-hydrogen) atoms. The number of nitrogens with one attached hydrogen (secondary N) is 1. The first-order valence-corrected chi connectivity index (χ1v) is 10.4.